The van der Waals surface area contributed by atoms with Crippen molar-refractivity contribution in [2.24, 2.45) is 0 Å². The lowest BCUT2D eigenvalue weighted by Crippen LogP contribution is -2.45. The van der Waals surface area contributed by atoms with Gasteiger partial charge in [0.2, 0.25) is 0 Å². The molecule has 4 N–H and O–H groups in total. The van der Waals surface area contributed by atoms with Gasteiger partial charge in [0.25, 0.3) is 0 Å². The second-order valence-corrected chi connectivity index (χ2v) is 14.9. The Morgan fingerprint density at radius 2 is 1.14 bits per heavy atom. The Kier molecular flexibility index (Phi) is 9.51. The van der Waals surface area contributed by atoms with Crippen molar-refractivity contribution in [2.75, 3.05) is 5.75 Å². The molecule has 0 radical (unpaired) electrons. The summed E-state index contributed by atoms with van der Waals surface area (Å²) in [6, 6.07) is 0. The number of phenolic OH excluding ortho intramolecular Hbond substituents is 2. The van der Waals surface area contributed by atoms with E-state index in [0.717, 1.165) is 68.8 Å². The third-order valence-electron chi connectivity index (χ3n) is 10.4. The molecule has 4 rings (SSSR count). The lowest BCUT2D eigenvalue weighted by Gasteiger charge is -2.42. The molecule has 2 aliphatic rings. The summed E-state index contributed by atoms with van der Waals surface area (Å²) in [4.78, 5) is 24.5. The van der Waals surface area contributed by atoms with E-state index >= 15 is 0 Å². The first-order chi connectivity index (χ1) is 20.4. The van der Waals surface area contributed by atoms with Gasteiger partial charge in [-0.15, -0.1) is 11.8 Å². The molecule has 242 valence electrons. The highest BCUT2D eigenvalue weighted by molar-refractivity contribution is 8.01. The van der Waals surface area contributed by atoms with Crippen LogP contribution in [0.3, 0.4) is 0 Å². The minimum atomic E-state index is -1.22. The highest BCUT2D eigenvalue weighted by Gasteiger charge is 2.45. The highest BCUT2D eigenvalue weighted by atomic mass is 32.2. The van der Waals surface area contributed by atoms with Crippen molar-refractivity contribution in [2.45, 2.75) is 129 Å². The van der Waals surface area contributed by atoms with Crippen molar-refractivity contribution < 1.29 is 39.5 Å². The van der Waals surface area contributed by atoms with Gasteiger partial charge in [0.1, 0.15) is 38.9 Å². The minimum absolute atomic E-state index is 0.121. The van der Waals surface area contributed by atoms with Gasteiger partial charge in [-0.2, -0.15) is 0 Å². The molecule has 0 bridgehead atoms. The number of aromatic hydroxyl groups is 2. The smallest absolute Gasteiger partial charge is 0.319 e. The van der Waals surface area contributed by atoms with Crippen LogP contribution in [0.5, 0.6) is 23.0 Å². The topological polar surface area (TPSA) is 134 Å². The first-order valence-electron chi connectivity index (χ1n) is 15.5. The molecule has 2 heterocycles. The average molecular weight is 629 g/mol. The summed E-state index contributed by atoms with van der Waals surface area (Å²) in [5, 5.41) is 41.2. The summed E-state index contributed by atoms with van der Waals surface area (Å²) in [6.45, 7) is 15.5. The number of hydrogen-bond acceptors (Lipinski definition) is 7. The van der Waals surface area contributed by atoms with Gasteiger partial charge < -0.3 is 29.9 Å². The molecule has 8 nitrogen and oxygen atoms in total. The maximum atomic E-state index is 13.1. The quantitative estimate of drug-likeness (QED) is 0.201. The first-order valence-corrected chi connectivity index (χ1v) is 16.5. The normalized spacial score (nSPS) is 22.3. The highest BCUT2D eigenvalue weighted by Crippen LogP contribution is 2.49. The monoisotopic (exact) mass is 628 g/mol. The van der Waals surface area contributed by atoms with E-state index in [1.165, 1.54) is 11.8 Å². The summed E-state index contributed by atoms with van der Waals surface area (Å²) in [5.74, 6) is 0.436. The maximum absolute atomic E-state index is 13.1. The van der Waals surface area contributed by atoms with Crippen molar-refractivity contribution in [3.8, 4) is 23.0 Å². The number of carboxylic acids is 2. The summed E-state index contributed by atoms with van der Waals surface area (Å²) in [7, 11) is 0. The predicted molar refractivity (Wildman–Crippen MR) is 173 cm³/mol. The van der Waals surface area contributed by atoms with Crippen molar-refractivity contribution in [1.82, 2.24) is 0 Å². The van der Waals surface area contributed by atoms with Gasteiger partial charge in [0, 0.05) is 16.9 Å². The van der Waals surface area contributed by atoms with Crippen molar-refractivity contribution in [1.29, 1.82) is 0 Å². The minimum Gasteiger partial charge on any atom is -0.507 e. The zero-order valence-electron chi connectivity index (χ0n) is 27.4. The van der Waals surface area contributed by atoms with Crippen molar-refractivity contribution in [3.63, 3.8) is 0 Å². The van der Waals surface area contributed by atoms with Crippen LogP contribution in [-0.4, -0.2) is 54.1 Å². The zero-order valence-corrected chi connectivity index (χ0v) is 28.2. The molecule has 0 amide bonds. The SMILES string of the molecule is Cc1c(C)c2c(c(C)c1O)CCC(C)(CCC(CCC1(C)CCc3c(C)c(O)c(C)c(C)c3O1)(SCCC(=O)O)C(=O)O)O2. The molecule has 0 aromatic heterocycles. The summed E-state index contributed by atoms with van der Waals surface area (Å²) in [5.41, 5.74) is 5.79. The van der Waals surface area contributed by atoms with Crippen molar-refractivity contribution >= 4 is 23.7 Å². The number of thioether (sulfide) groups is 1. The zero-order chi connectivity index (χ0) is 32.8. The Labute approximate surface area is 265 Å². The van der Waals surface area contributed by atoms with Crippen LogP contribution >= 0.6 is 11.8 Å². The fraction of sp³-hybridized carbons (Fsp3) is 0.600. The van der Waals surface area contributed by atoms with Gasteiger partial charge in [-0.05, 0) is 140 Å². The molecule has 2 atom stereocenters. The Balaban J connectivity index is 1.58. The Morgan fingerprint density at radius 3 is 1.50 bits per heavy atom. The molecule has 9 heteroatoms. The lowest BCUT2D eigenvalue weighted by atomic mass is 9.80. The second kappa shape index (κ2) is 12.4. The van der Waals surface area contributed by atoms with Gasteiger partial charge in [0.05, 0.1) is 6.42 Å². The van der Waals surface area contributed by atoms with Crippen LogP contribution in [0.2, 0.25) is 0 Å². The van der Waals surface area contributed by atoms with E-state index in [1.807, 2.05) is 55.4 Å². The number of ether oxygens (including phenoxy) is 2. The Bertz CT molecular complexity index is 1390. The van der Waals surface area contributed by atoms with Crippen LogP contribution < -0.4 is 9.47 Å². The third kappa shape index (κ3) is 6.35. The van der Waals surface area contributed by atoms with Gasteiger partial charge in [-0.1, -0.05) is 0 Å². The molecule has 0 saturated carbocycles. The van der Waals surface area contributed by atoms with Gasteiger partial charge in [0.15, 0.2) is 0 Å². The van der Waals surface area contributed by atoms with E-state index in [9.17, 15) is 30.0 Å². The van der Waals surface area contributed by atoms with Crippen LogP contribution in [0.25, 0.3) is 0 Å². The Morgan fingerprint density at radius 1 is 0.727 bits per heavy atom. The van der Waals surface area contributed by atoms with E-state index in [4.69, 9.17) is 9.47 Å². The molecular formula is C35H48O8S. The van der Waals surface area contributed by atoms with E-state index in [-0.39, 0.29) is 12.2 Å². The number of phenols is 2. The average Bonchev–Trinajstić information content (AvgIpc) is 2.97. The predicted octanol–water partition coefficient (Wildman–Crippen LogP) is 7.41. The Hall–Kier alpha value is -3.07. The summed E-state index contributed by atoms with van der Waals surface area (Å²) in [6.07, 6.45) is 4.26. The van der Waals surface area contributed by atoms with E-state index < -0.39 is 27.9 Å². The van der Waals surface area contributed by atoms with Gasteiger partial charge >= 0.3 is 11.9 Å². The summed E-state index contributed by atoms with van der Waals surface area (Å²) >= 11 is 1.21. The van der Waals surface area contributed by atoms with Crippen LogP contribution in [0, 0.1) is 41.5 Å². The molecule has 2 unspecified atom stereocenters. The largest absolute Gasteiger partial charge is 0.507 e. The standard InChI is InChI=1S/C35H48O8S/c1-19-21(3)30-25(23(5)28(19)38)9-12-33(7,42-30)14-16-35(32(40)41,44-18-11-27(36)37)17-15-34(8)13-10-26-24(6)29(39)20(2)22(4)31(26)43-34/h38-39H,9-18H2,1-8H3,(H,36,37)(H,40,41). The molecule has 0 spiro atoms. The number of fused-ring (bicyclic) bond motifs is 2. The van der Waals surface area contributed by atoms with Crippen LogP contribution in [0.15, 0.2) is 0 Å². The molecule has 2 aromatic carbocycles. The lowest BCUT2D eigenvalue weighted by molar-refractivity contribution is -0.141. The second-order valence-electron chi connectivity index (χ2n) is 13.5. The van der Waals surface area contributed by atoms with Gasteiger partial charge in [-0.3, -0.25) is 9.59 Å². The number of rotatable bonds is 11. The number of hydrogen-bond donors (Lipinski definition) is 4. The molecule has 44 heavy (non-hydrogen) atoms. The molecule has 2 aliphatic heterocycles. The van der Waals surface area contributed by atoms with Gasteiger partial charge in [-0.25, -0.2) is 0 Å². The number of aliphatic carboxylic acids is 2. The summed E-state index contributed by atoms with van der Waals surface area (Å²) < 4.78 is 12.0. The maximum Gasteiger partial charge on any atom is 0.319 e. The molecule has 0 saturated heterocycles. The van der Waals surface area contributed by atoms with E-state index in [0.29, 0.717) is 50.0 Å². The fourth-order valence-corrected chi connectivity index (χ4v) is 8.04. The van der Waals surface area contributed by atoms with Crippen LogP contribution in [-0.2, 0) is 22.4 Å². The number of carboxylic acid groups (broad SMARTS) is 2. The number of carbonyl (C=O) groups is 2. The van der Waals surface area contributed by atoms with Crippen LogP contribution in [0.4, 0.5) is 0 Å². The number of benzene rings is 2. The fourth-order valence-electron chi connectivity index (χ4n) is 6.75. The molecular weight excluding hydrogens is 580 g/mol. The van der Waals surface area contributed by atoms with Crippen molar-refractivity contribution in [3.05, 3.63) is 44.5 Å². The molecule has 0 fully saturated rings. The molecule has 2 aromatic rings. The van der Waals surface area contributed by atoms with E-state index in [1.54, 1.807) is 0 Å². The third-order valence-corrected chi connectivity index (χ3v) is 11.9. The first kappa shape index (κ1) is 33.8. The molecule has 0 aliphatic carbocycles. The van der Waals surface area contributed by atoms with Crippen LogP contribution in [0.1, 0.15) is 103 Å². The van der Waals surface area contributed by atoms with E-state index in [2.05, 4.69) is 0 Å².